The maximum absolute atomic E-state index is 12.3. The van der Waals surface area contributed by atoms with Gasteiger partial charge in [0.25, 0.3) is 5.95 Å². The van der Waals surface area contributed by atoms with E-state index in [0.29, 0.717) is 16.6 Å². The summed E-state index contributed by atoms with van der Waals surface area (Å²) in [5.74, 6) is 0.689. The van der Waals surface area contributed by atoms with Crippen molar-refractivity contribution >= 4 is 46.2 Å². The Bertz CT molecular complexity index is 1410. The van der Waals surface area contributed by atoms with Crippen LogP contribution in [0.25, 0.3) is 16.6 Å². The van der Waals surface area contributed by atoms with Gasteiger partial charge >= 0.3 is 0 Å². The van der Waals surface area contributed by atoms with Crippen LogP contribution in [0.4, 0.5) is 5.95 Å². The summed E-state index contributed by atoms with van der Waals surface area (Å²) in [6.45, 7) is 3.91. The summed E-state index contributed by atoms with van der Waals surface area (Å²) in [4.78, 5) is 30.2. The highest BCUT2D eigenvalue weighted by Gasteiger charge is 2.19. The Morgan fingerprint density at radius 3 is 2.82 bits per heavy atom. The monoisotopic (exact) mass is 457 g/mol. The summed E-state index contributed by atoms with van der Waals surface area (Å²) < 4.78 is 1.65. The maximum atomic E-state index is 12.3. The number of aromatic nitrogens is 6. The summed E-state index contributed by atoms with van der Waals surface area (Å²) in [6, 6.07) is 15.6. The van der Waals surface area contributed by atoms with Crippen LogP contribution in [0.2, 0.25) is 0 Å². The lowest BCUT2D eigenvalue weighted by molar-refractivity contribution is -0.118. The Balaban J connectivity index is 1.39. The van der Waals surface area contributed by atoms with Gasteiger partial charge in [-0.15, -0.1) is 5.10 Å². The number of tetrazole rings is 1. The van der Waals surface area contributed by atoms with E-state index in [4.69, 9.17) is 0 Å². The quantitative estimate of drug-likeness (QED) is 0.457. The van der Waals surface area contributed by atoms with Crippen LogP contribution in [0.15, 0.2) is 63.7 Å². The van der Waals surface area contributed by atoms with E-state index in [-0.39, 0.29) is 24.2 Å². The van der Waals surface area contributed by atoms with E-state index in [2.05, 4.69) is 40.8 Å². The average Bonchev–Trinajstić information content (AvgIpc) is 3.26. The summed E-state index contributed by atoms with van der Waals surface area (Å²) >= 11 is 1.40. The zero-order valence-corrected chi connectivity index (χ0v) is 18.7. The minimum Gasteiger partial charge on any atom is -0.294 e. The molecule has 10 nitrogen and oxygen atoms in total. The number of thioether (sulfide) groups is 1. The number of para-hydroxylation sites is 1. The molecule has 4 aromatic rings. The molecule has 2 aromatic carbocycles. The maximum Gasteiger partial charge on any atom is 0.253 e. The highest BCUT2D eigenvalue weighted by Crippen LogP contribution is 2.21. The van der Waals surface area contributed by atoms with Crippen molar-refractivity contribution in [2.45, 2.75) is 25.4 Å². The molecule has 0 spiro atoms. The largest absolute Gasteiger partial charge is 0.294 e. The van der Waals surface area contributed by atoms with Gasteiger partial charge in [-0.1, -0.05) is 42.1 Å². The lowest BCUT2D eigenvalue weighted by atomic mass is 10.1. The summed E-state index contributed by atoms with van der Waals surface area (Å²) in [7, 11) is 0. The highest BCUT2D eigenvalue weighted by atomic mass is 32.2. The highest BCUT2D eigenvalue weighted by molar-refractivity contribution is 7.99. The fraction of sp³-hybridized carbons (Fsp3) is 0.182. The lowest BCUT2D eigenvalue weighted by Gasteiger charge is -2.14. The van der Waals surface area contributed by atoms with Crippen molar-refractivity contribution in [3.63, 3.8) is 0 Å². The van der Waals surface area contributed by atoms with E-state index in [0.717, 1.165) is 27.8 Å². The van der Waals surface area contributed by atoms with Crippen molar-refractivity contribution < 1.29 is 4.79 Å². The fourth-order valence-corrected chi connectivity index (χ4v) is 4.20. The number of amides is 1. The van der Waals surface area contributed by atoms with Crippen LogP contribution in [0, 0.1) is 13.8 Å². The van der Waals surface area contributed by atoms with E-state index < -0.39 is 0 Å². The summed E-state index contributed by atoms with van der Waals surface area (Å²) in [6.07, 6.45) is 0.176. The molecule has 3 heterocycles. The number of aryl methyl sites for hydroxylation is 2. The second-order valence-electron chi connectivity index (χ2n) is 7.47. The first-order valence-electron chi connectivity index (χ1n) is 10.2. The van der Waals surface area contributed by atoms with Crippen LogP contribution in [0.3, 0.4) is 0 Å². The second kappa shape index (κ2) is 8.87. The number of nitrogens with zero attached hydrogens (tertiary/aromatic N) is 8. The summed E-state index contributed by atoms with van der Waals surface area (Å²) in [5.41, 5.74) is 4.24. The third kappa shape index (κ3) is 4.62. The van der Waals surface area contributed by atoms with Gasteiger partial charge in [0.2, 0.25) is 17.0 Å². The molecule has 1 amide bonds. The average molecular weight is 458 g/mol. The van der Waals surface area contributed by atoms with E-state index >= 15 is 0 Å². The standard InChI is InChI=1S/C22H19N9OS/c1-13-8-9-17-14(2)23-20(25-18(17)10-13)27-21-24-15(11-19(32)26-21)12-33-22-28-29-30-31(22)16-6-4-3-5-7-16/h3-10H,11-12H2,1-2H3,(H,23,25,26,27,32). The predicted molar refractivity (Wildman–Crippen MR) is 126 cm³/mol. The Morgan fingerprint density at radius 2 is 1.97 bits per heavy atom. The van der Waals surface area contributed by atoms with Gasteiger partial charge in [0, 0.05) is 16.9 Å². The minimum absolute atomic E-state index is 0.176. The second-order valence-corrected chi connectivity index (χ2v) is 8.41. The van der Waals surface area contributed by atoms with Crippen molar-refractivity contribution in [3.05, 3.63) is 59.8 Å². The number of rotatable bonds is 5. The smallest absolute Gasteiger partial charge is 0.253 e. The van der Waals surface area contributed by atoms with E-state index in [9.17, 15) is 4.79 Å². The van der Waals surface area contributed by atoms with Crippen LogP contribution in [-0.4, -0.2) is 53.5 Å². The van der Waals surface area contributed by atoms with Gasteiger partial charge in [0.15, 0.2) is 0 Å². The molecule has 11 heteroatoms. The first-order chi connectivity index (χ1) is 16.0. The number of guanidine groups is 1. The van der Waals surface area contributed by atoms with Gasteiger partial charge in [-0.3, -0.25) is 10.1 Å². The van der Waals surface area contributed by atoms with Crippen molar-refractivity contribution in [1.82, 2.24) is 35.5 Å². The number of carbonyl (C=O) groups is 1. The number of hydrogen-bond donors (Lipinski definition) is 1. The topological polar surface area (TPSA) is 123 Å². The molecule has 1 N–H and O–H groups in total. The Labute approximate surface area is 193 Å². The number of carbonyl (C=O) groups excluding carboxylic acids is 1. The molecular weight excluding hydrogens is 438 g/mol. The normalized spacial score (nSPS) is 15.0. The third-order valence-corrected chi connectivity index (χ3v) is 5.92. The van der Waals surface area contributed by atoms with Gasteiger partial charge in [-0.05, 0) is 48.0 Å². The van der Waals surface area contributed by atoms with E-state index in [1.165, 1.54) is 11.8 Å². The van der Waals surface area contributed by atoms with Crippen molar-refractivity contribution in [3.8, 4) is 5.69 Å². The SMILES string of the molecule is Cc1ccc2c(C)nc(N=C3N=C(CSc4nnnn4-c4ccccc4)CC(=O)N3)nc2c1. The number of benzene rings is 2. The molecule has 0 saturated carbocycles. The van der Waals surface area contributed by atoms with Crippen LogP contribution in [0.1, 0.15) is 17.7 Å². The lowest BCUT2D eigenvalue weighted by Crippen LogP contribution is -2.36. The summed E-state index contributed by atoms with van der Waals surface area (Å²) in [5, 5.41) is 16.2. The number of aliphatic imine (C=N–C) groups is 2. The van der Waals surface area contributed by atoms with Crippen molar-refractivity contribution in [1.29, 1.82) is 0 Å². The zero-order valence-electron chi connectivity index (χ0n) is 17.9. The number of fused-ring (bicyclic) bond motifs is 1. The number of nitrogens with one attached hydrogen (secondary N) is 1. The van der Waals surface area contributed by atoms with Crippen LogP contribution in [-0.2, 0) is 4.79 Å². The zero-order chi connectivity index (χ0) is 22.8. The molecule has 0 bridgehead atoms. The molecule has 0 atom stereocenters. The molecule has 164 valence electrons. The van der Waals surface area contributed by atoms with Gasteiger partial charge in [-0.2, -0.15) is 9.67 Å². The first-order valence-corrected chi connectivity index (χ1v) is 11.2. The molecular formula is C22H19N9OS. The van der Waals surface area contributed by atoms with E-state index in [1.807, 2.05) is 62.4 Å². The molecule has 2 aromatic heterocycles. The Morgan fingerprint density at radius 1 is 1.12 bits per heavy atom. The molecule has 0 aliphatic carbocycles. The molecule has 1 aliphatic rings. The predicted octanol–water partition coefficient (Wildman–Crippen LogP) is 2.96. The molecule has 0 saturated heterocycles. The molecule has 0 radical (unpaired) electrons. The molecule has 1 aliphatic heterocycles. The van der Waals surface area contributed by atoms with Crippen LogP contribution >= 0.6 is 11.8 Å². The Kier molecular flexibility index (Phi) is 5.61. The van der Waals surface area contributed by atoms with Gasteiger partial charge in [0.1, 0.15) is 0 Å². The van der Waals surface area contributed by atoms with Gasteiger partial charge in [0.05, 0.1) is 23.3 Å². The van der Waals surface area contributed by atoms with Gasteiger partial charge in [-0.25, -0.2) is 15.0 Å². The van der Waals surface area contributed by atoms with Crippen molar-refractivity contribution in [2.75, 3.05) is 5.75 Å². The molecule has 0 fully saturated rings. The third-order valence-electron chi connectivity index (χ3n) is 4.93. The Hall–Kier alpha value is -3.99. The van der Waals surface area contributed by atoms with E-state index in [1.54, 1.807) is 4.68 Å². The fourth-order valence-electron chi connectivity index (χ4n) is 3.38. The van der Waals surface area contributed by atoms with Gasteiger partial charge < -0.3 is 0 Å². The number of hydrogen-bond acceptors (Lipinski definition) is 8. The van der Waals surface area contributed by atoms with Crippen LogP contribution in [0.5, 0.6) is 0 Å². The van der Waals surface area contributed by atoms with Crippen molar-refractivity contribution in [2.24, 2.45) is 9.98 Å². The molecule has 5 rings (SSSR count). The minimum atomic E-state index is -0.185. The first kappa shape index (κ1) is 20.9. The molecule has 0 unspecified atom stereocenters. The van der Waals surface area contributed by atoms with Crippen LogP contribution < -0.4 is 5.32 Å². The molecule has 33 heavy (non-hydrogen) atoms.